The van der Waals surface area contributed by atoms with Crippen molar-refractivity contribution >= 4 is 5.91 Å². The molecule has 1 aromatic heterocycles. The molecule has 4 nitrogen and oxygen atoms in total. The Hall–Kier alpha value is -2.10. The van der Waals surface area contributed by atoms with Crippen LogP contribution >= 0.6 is 0 Å². The van der Waals surface area contributed by atoms with E-state index in [4.69, 9.17) is 0 Å². The summed E-state index contributed by atoms with van der Waals surface area (Å²) in [7, 11) is 0. The molecule has 1 atom stereocenters. The van der Waals surface area contributed by atoms with Crippen LogP contribution in [0.25, 0.3) is 11.3 Å². The summed E-state index contributed by atoms with van der Waals surface area (Å²) in [5.74, 6) is 0.933. The van der Waals surface area contributed by atoms with Gasteiger partial charge in [-0.3, -0.25) is 9.89 Å². The highest BCUT2D eigenvalue weighted by Gasteiger charge is 2.32. The number of carbonyl (C=O) groups is 1. The van der Waals surface area contributed by atoms with Gasteiger partial charge in [-0.1, -0.05) is 31.2 Å². The highest BCUT2D eigenvalue weighted by molar-refractivity contribution is 5.78. The Kier molecular flexibility index (Phi) is 3.54. The molecular formula is C16H19N3O. The molecule has 1 heterocycles. The van der Waals surface area contributed by atoms with E-state index in [1.807, 2.05) is 37.3 Å². The van der Waals surface area contributed by atoms with Gasteiger partial charge in [-0.05, 0) is 36.0 Å². The lowest BCUT2D eigenvalue weighted by Crippen LogP contribution is -2.29. The first kappa shape index (κ1) is 12.9. The van der Waals surface area contributed by atoms with Gasteiger partial charge in [0.15, 0.2) is 0 Å². The molecule has 0 spiro atoms. The van der Waals surface area contributed by atoms with Gasteiger partial charge in [-0.2, -0.15) is 5.10 Å². The number of aromatic nitrogens is 2. The number of hydrogen-bond acceptors (Lipinski definition) is 2. The van der Waals surface area contributed by atoms with Crippen molar-refractivity contribution in [2.24, 2.45) is 11.8 Å². The smallest absolute Gasteiger partial charge is 0.223 e. The van der Waals surface area contributed by atoms with Gasteiger partial charge < -0.3 is 5.32 Å². The summed E-state index contributed by atoms with van der Waals surface area (Å²) in [6, 6.07) is 10.1. The summed E-state index contributed by atoms with van der Waals surface area (Å²) in [4.78, 5) is 11.9. The second kappa shape index (κ2) is 5.49. The summed E-state index contributed by atoms with van der Waals surface area (Å²) < 4.78 is 0. The average Bonchev–Trinajstić information content (AvgIpc) is 3.19. The fourth-order valence-corrected chi connectivity index (χ4v) is 2.38. The van der Waals surface area contributed by atoms with Crippen molar-refractivity contribution in [1.29, 1.82) is 0 Å². The van der Waals surface area contributed by atoms with Crippen LogP contribution in [-0.2, 0) is 11.3 Å². The molecule has 0 radical (unpaired) electrons. The summed E-state index contributed by atoms with van der Waals surface area (Å²) in [6.45, 7) is 2.62. The van der Waals surface area contributed by atoms with Crippen LogP contribution in [0.3, 0.4) is 0 Å². The lowest BCUT2D eigenvalue weighted by Gasteiger charge is -2.11. The van der Waals surface area contributed by atoms with Crippen LogP contribution in [0, 0.1) is 11.8 Å². The van der Waals surface area contributed by atoms with E-state index in [9.17, 15) is 4.79 Å². The number of H-pyrrole nitrogens is 1. The molecule has 0 bridgehead atoms. The lowest BCUT2D eigenvalue weighted by molar-refractivity contribution is -0.125. The minimum Gasteiger partial charge on any atom is -0.352 e. The van der Waals surface area contributed by atoms with E-state index in [0.717, 1.165) is 16.8 Å². The maximum Gasteiger partial charge on any atom is 0.223 e. The molecule has 1 aromatic carbocycles. The van der Waals surface area contributed by atoms with Crippen LogP contribution in [-0.4, -0.2) is 16.1 Å². The Balaban J connectivity index is 1.57. The van der Waals surface area contributed by atoms with Crippen molar-refractivity contribution in [3.8, 4) is 11.3 Å². The van der Waals surface area contributed by atoms with Crippen molar-refractivity contribution in [2.75, 3.05) is 0 Å². The minimum atomic E-state index is 0.152. The largest absolute Gasteiger partial charge is 0.352 e. The van der Waals surface area contributed by atoms with Crippen molar-refractivity contribution in [1.82, 2.24) is 15.5 Å². The maximum absolute atomic E-state index is 11.9. The fraction of sp³-hybridized carbons (Fsp3) is 0.375. The van der Waals surface area contributed by atoms with E-state index in [0.29, 0.717) is 12.5 Å². The van der Waals surface area contributed by atoms with Crippen LogP contribution in [0.15, 0.2) is 36.5 Å². The zero-order valence-corrected chi connectivity index (χ0v) is 11.6. The van der Waals surface area contributed by atoms with Crippen LogP contribution in [0.2, 0.25) is 0 Å². The highest BCUT2D eigenvalue weighted by Crippen LogP contribution is 2.36. The zero-order chi connectivity index (χ0) is 13.9. The first-order chi connectivity index (χ1) is 9.74. The van der Waals surface area contributed by atoms with E-state index >= 15 is 0 Å². The first-order valence-corrected chi connectivity index (χ1v) is 7.10. The van der Waals surface area contributed by atoms with E-state index in [-0.39, 0.29) is 11.8 Å². The summed E-state index contributed by atoms with van der Waals surface area (Å²) in [5, 5.41) is 9.89. The Bertz CT molecular complexity index is 570. The van der Waals surface area contributed by atoms with E-state index in [2.05, 4.69) is 15.5 Å². The predicted octanol–water partition coefficient (Wildman–Crippen LogP) is 2.74. The number of amides is 1. The number of benzene rings is 1. The Labute approximate surface area is 118 Å². The second-order valence-electron chi connectivity index (χ2n) is 5.51. The average molecular weight is 269 g/mol. The van der Waals surface area contributed by atoms with E-state index in [1.54, 1.807) is 6.20 Å². The quantitative estimate of drug-likeness (QED) is 0.877. The standard InChI is InChI=1S/C16H19N3O/c1-11(13-6-7-13)16(20)17-10-12-2-4-14(5-3-12)15-8-9-18-19-15/h2-5,8-9,11,13H,6-7,10H2,1H3,(H,17,20)(H,18,19). The minimum absolute atomic E-state index is 0.152. The topological polar surface area (TPSA) is 57.8 Å². The van der Waals surface area contributed by atoms with Crippen LogP contribution < -0.4 is 5.32 Å². The molecule has 1 amide bonds. The molecule has 2 aromatic rings. The number of aromatic amines is 1. The van der Waals surface area contributed by atoms with Gasteiger partial charge in [0.2, 0.25) is 5.91 Å². The molecule has 1 saturated carbocycles. The lowest BCUT2D eigenvalue weighted by atomic mass is 10.1. The fourth-order valence-electron chi connectivity index (χ4n) is 2.38. The third kappa shape index (κ3) is 2.90. The van der Waals surface area contributed by atoms with Gasteiger partial charge in [-0.25, -0.2) is 0 Å². The van der Waals surface area contributed by atoms with E-state index in [1.165, 1.54) is 12.8 Å². The number of nitrogens with zero attached hydrogens (tertiary/aromatic N) is 1. The Morgan fingerprint density at radius 2 is 2.10 bits per heavy atom. The number of rotatable bonds is 5. The van der Waals surface area contributed by atoms with Crippen molar-refractivity contribution in [3.63, 3.8) is 0 Å². The maximum atomic E-state index is 11.9. The van der Waals surface area contributed by atoms with Gasteiger partial charge in [-0.15, -0.1) is 0 Å². The predicted molar refractivity (Wildman–Crippen MR) is 77.8 cm³/mol. The summed E-state index contributed by atoms with van der Waals surface area (Å²) >= 11 is 0. The van der Waals surface area contributed by atoms with Gasteiger partial charge >= 0.3 is 0 Å². The number of hydrogen-bond donors (Lipinski definition) is 2. The normalized spacial score (nSPS) is 15.8. The SMILES string of the molecule is CC(C(=O)NCc1ccc(-c2ccn[nH]2)cc1)C1CC1. The molecule has 3 rings (SSSR count). The molecule has 1 aliphatic rings. The Morgan fingerprint density at radius 3 is 2.70 bits per heavy atom. The molecular weight excluding hydrogens is 250 g/mol. The molecule has 2 N–H and O–H groups in total. The molecule has 20 heavy (non-hydrogen) atoms. The second-order valence-corrected chi connectivity index (χ2v) is 5.51. The molecule has 4 heteroatoms. The Morgan fingerprint density at radius 1 is 1.35 bits per heavy atom. The third-order valence-corrected chi connectivity index (χ3v) is 3.98. The van der Waals surface area contributed by atoms with Gasteiger partial charge in [0.25, 0.3) is 0 Å². The molecule has 1 aliphatic carbocycles. The third-order valence-electron chi connectivity index (χ3n) is 3.98. The summed E-state index contributed by atoms with van der Waals surface area (Å²) in [6.07, 6.45) is 4.14. The van der Waals surface area contributed by atoms with Gasteiger partial charge in [0.05, 0.1) is 5.69 Å². The molecule has 104 valence electrons. The molecule has 1 fully saturated rings. The monoisotopic (exact) mass is 269 g/mol. The molecule has 0 saturated heterocycles. The first-order valence-electron chi connectivity index (χ1n) is 7.10. The molecule has 0 aliphatic heterocycles. The van der Waals surface area contributed by atoms with Gasteiger partial charge in [0, 0.05) is 18.7 Å². The van der Waals surface area contributed by atoms with Crippen LogP contribution in [0.1, 0.15) is 25.3 Å². The van der Waals surface area contributed by atoms with E-state index < -0.39 is 0 Å². The van der Waals surface area contributed by atoms with Crippen molar-refractivity contribution in [2.45, 2.75) is 26.3 Å². The molecule has 1 unspecified atom stereocenters. The highest BCUT2D eigenvalue weighted by atomic mass is 16.1. The summed E-state index contributed by atoms with van der Waals surface area (Å²) in [5.41, 5.74) is 3.22. The van der Waals surface area contributed by atoms with Crippen molar-refractivity contribution in [3.05, 3.63) is 42.1 Å². The van der Waals surface area contributed by atoms with Crippen LogP contribution in [0.4, 0.5) is 0 Å². The van der Waals surface area contributed by atoms with Crippen molar-refractivity contribution < 1.29 is 4.79 Å². The number of carbonyl (C=O) groups excluding carboxylic acids is 1. The zero-order valence-electron chi connectivity index (χ0n) is 11.6. The van der Waals surface area contributed by atoms with Gasteiger partial charge in [0.1, 0.15) is 0 Å². The number of nitrogens with one attached hydrogen (secondary N) is 2. The van der Waals surface area contributed by atoms with Crippen LogP contribution in [0.5, 0.6) is 0 Å².